The summed E-state index contributed by atoms with van der Waals surface area (Å²) >= 11 is 1.69. The molecule has 0 aliphatic rings. The van der Waals surface area contributed by atoms with Gasteiger partial charge in [-0.25, -0.2) is 0 Å². The number of aliphatic hydroxyl groups excluding tert-OH is 1. The Balaban J connectivity index is 3.47. The minimum Gasteiger partial charge on any atom is -0.393 e. The summed E-state index contributed by atoms with van der Waals surface area (Å²) in [5.41, 5.74) is 5.67. The lowest BCUT2D eigenvalue weighted by atomic mass is 10.2. The normalized spacial score (nSPS) is 14.7. The monoisotopic (exact) mass is 234 g/mol. The highest BCUT2D eigenvalue weighted by Crippen LogP contribution is 1.99. The van der Waals surface area contributed by atoms with Gasteiger partial charge in [0.05, 0.1) is 12.1 Å². The SMILES string of the molecule is CSCC[C@H](N)C(=O)NCCCC(C)O. The second kappa shape index (κ2) is 9.00. The second-order valence-electron chi connectivity index (χ2n) is 3.67. The maximum absolute atomic E-state index is 11.4. The van der Waals surface area contributed by atoms with Crippen LogP contribution in [0, 0.1) is 0 Å². The lowest BCUT2D eigenvalue weighted by Crippen LogP contribution is -2.41. The first kappa shape index (κ1) is 14.7. The highest BCUT2D eigenvalue weighted by molar-refractivity contribution is 7.98. The Labute approximate surface area is 96.0 Å². The van der Waals surface area contributed by atoms with Gasteiger partial charge in [0.25, 0.3) is 0 Å². The lowest BCUT2D eigenvalue weighted by Gasteiger charge is -2.11. The van der Waals surface area contributed by atoms with Gasteiger partial charge in [-0.3, -0.25) is 4.79 Å². The molecule has 0 radical (unpaired) electrons. The van der Waals surface area contributed by atoms with Crippen LogP contribution in [0.4, 0.5) is 0 Å². The molecule has 1 unspecified atom stereocenters. The van der Waals surface area contributed by atoms with Crippen LogP contribution in [-0.4, -0.2) is 41.7 Å². The summed E-state index contributed by atoms with van der Waals surface area (Å²) in [7, 11) is 0. The van der Waals surface area contributed by atoms with Gasteiger partial charge in [-0.05, 0) is 38.2 Å². The number of aliphatic hydroxyl groups is 1. The molecule has 0 spiro atoms. The van der Waals surface area contributed by atoms with E-state index in [1.54, 1.807) is 18.7 Å². The molecule has 1 amide bonds. The van der Waals surface area contributed by atoms with Crippen molar-refractivity contribution in [2.75, 3.05) is 18.6 Å². The van der Waals surface area contributed by atoms with E-state index in [2.05, 4.69) is 5.32 Å². The first-order valence-corrected chi connectivity index (χ1v) is 6.67. The van der Waals surface area contributed by atoms with Crippen LogP contribution in [0.25, 0.3) is 0 Å². The smallest absolute Gasteiger partial charge is 0.236 e. The molecule has 0 aromatic rings. The molecule has 0 saturated heterocycles. The number of nitrogens with one attached hydrogen (secondary N) is 1. The van der Waals surface area contributed by atoms with Crippen molar-refractivity contribution in [3.05, 3.63) is 0 Å². The van der Waals surface area contributed by atoms with Crippen LogP contribution in [0.1, 0.15) is 26.2 Å². The molecule has 4 nitrogen and oxygen atoms in total. The topological polar surface area (TPSA) is 75.4 Å². The Kier molecular flexibility index (Phi) is 8.85. The van der Waals surface area contributed by atoms with Crippen molar-refractivity contribution in [1.82, 2.24) is 5.32 Å². The van der Waals surface area contributed by atoms with Crippen LogP contribution in [-0.2, 0) is 4.79 Å². The number of amides is 1. The molecular formula is C10H22N2O2S. The summed E-state index contributed by atoms with van der Waals surface area (Å²) in [5, 5.41) is 11.8. The third-order valence-electron chi connectivity index (χ3n) is 2.07. The van der Waals surface area contributed by atoms with E-state index >= 15 is 0 Å². The minimum absolute atomic E-state index is 0.0883. The highest BCUT2D eigenvalue weighted by atomic mass is 32.2. The van der Waals surface area contributed by atoms with Crippen molar-refractivity contribution in [3.63, 3.8) is 0 Å². The third kappa shape index (κ3) is 8.72. The molecule has 0 saturated carbocycles. The summed E-state index contributed by atoms with van der Waals surface area (Å²) < 4.78 is 0. The van der Waals surface area contributed by atoms with E-state index in [0.29, 0.717) is 19.4 Å². The molecule has 0 aliphatic heterocycles. The summed E-state index contributed by atoms with van der Waals surface area (Å²) in [6.45, 7) is 2.34. The summed E-state index contributed by atoms with van der Waals surface area (Å²) in [4.78, 5) is 11.4. The van der Waals surface area contributed by atoms with Gasteiger partial charge < -0.3 is 16.2 Å². The number of nitrogens with two attached hydrogens (primary N) is 1. The zero-order valence-electron chi connectivity index (χ0n) is 9.53. The van der Waals surface area contributed by atoms with Crippen molar-refractivity contribution in [2.45, 2.75) is 38.3 Å². The van der Waals surface area contributed by atoms with E-state index in [0.717, 1.165) is 12.2 Å². The van der Waals surface area contributed by atoms with Crippen LogP contribution in [0.15, 0.2) is 0 Å². The predicted octanol–water partition coefficient (Wildman–Crippen LogP) is 0.344. The Morgan fingerprint density at radius 3 is 2.73 bits per heavy atom. The molecular weight excluding hydrogens is 212 g/mol. The molecule has 0 aliphatic carbocycles. The van der Waals surface area contributed by atoms with Gasteiger partial charge in [-0.2, -0.15) is 11.8 Å². The molecule has 4 N–H and O–H groups in total. The number of rotatable bonds is 8. The molecule has 0 rings (SSSR count). The zero-order valence-corrected chi connectivity index (χ0v) is 10.3. The van der Waals surface area contributed by atoms with Crippen molar-refractivity contribution in [1.29, 1.82) is 0 Å². The Morgan fingerprint density at radius 1 is 1.53 bits per heavy atom. The van der Waals surface area contributed by atoms with Gasteiger partial charge in [-0.1, -0.05) is 0 Å². The fourth-order valence-electron chi connectivity index (χ4n) is 1.12. The van der Waals surface area contributed by atoms with Gasteiger partial charge in [0.1, 0.15) is 0 Å². The standard InChI is InChI=1S/C10H22N2O2S/c1-8(13)4-3-6-12-10(14)9(11)5-7-15-2/h8-9,13H,3-7,11H2,1-2H3,(H,12,14)/t8?,9-/m0/s1. The Morgan fingerprint density at radius 2 is 2.20 bits per heavy atom. The van der Waals surface area contributed by atoms with Crippen LogP contribution < -0.4 is 11.1 Å². The lowest BCUT2D eigenvalue weighted by molar-refractivity contribution is -0.122. The average molecular weight is 234 g/mol. The molecule has 90 valence electrons. The maximum atomic E-state index is 11.4. The van der Waals surface area contributed by atoms with Gasteiger partial charge >= 0.3 is 0 Å². The third-order valence-corrected chi connectivity index (χ3v) is 2.71. The number of carbonyl (C=O) groups excluding carboxylic acids is 1. The number of hydrogen-bond donors (Lipinski definition) is 3. The summed E-state index contributed by atoms with van der Waals surface area (Å²) in [6.07, 6.45) is 3.91. The fraction of sp³-hybridized carbons (Fsp3) is 0.900. The van der Waals surface area contributed by atoms with Crippen molar-refractivity contribution in [3.8, 4) is 0 Å². The van der Waals surface area contributed by atoms with E-state index in [-0.39, 0.29) is 12.0 Å². The van der Waals surface area contributed by atoms with Gasteiger partial charge in [0, 0.05) is 6.54 Å². The predicted molar refractivity (Wildman–Crippen MR) is 64.9 cm³/mol. The fourth-order valence-corrected chi connectivity index (χ4v) is 1.61. The summed E-state index contributed by atoms with van der Waals surface area (Å²) in [5.74, 6) is 0.817. The molecule has 0 fully saturated rings. The van der Waals surface area contributed by atoms with Gasteiger partial charge in [0.2, 0.25) is 5.91 Å². The molecule has 2 atom stereocenters. The van der Waals surface area contributed by atoms with Crippen molar-refractivity contribution >= 4 is 17.7 Å². The molecule has 0 heterocycles. The summed E-state index contributed by atoms with van der Waals surface area (Å²) in [6, 6.07) is -0.399. The van der Waals surface area contributed by atoms with E-state index in [1.807, 2.05) is 6.26 Å². The van der Waals surface area contributed by atoms with Crippen molar-refractivity contribution < 1.29 is 9.90 Å². The minimum atomic E-state index is -0.399. The zero-order chi connectivity index (χ0) is 11.7. The highest BCUT2D eigenvalue weighted by Gasteiger charge is 2.11. The Hall–Kier alpha value is -0.260. The molecule has 5 heteroatoms. The van der Waals surface area contributed by atoms with Crippen molar-refractivity contribution in [2.24, 2.45) is 5.73 Å². The Bertz CT molecular complexity index is 177. The first-order valence-electron chi connectivity index (χ1n) is 5.28. The van der Waals surface area contributed by atoms with Crippen LogP contribution in [0.2, 0.25) is 0 Å². The molecule has 0 aromatic carbocycles. The van der Waals surface area contributed by atoms with Crippen LogP contribution in [0.5, 0.6) is 0 Å². The van der Waals surface area contributed by atoms with E-state index in [1.165, 1.54) is 0 Å². The first-order chi connectivity index (χ1) is 7.07. The number of thioether (sulfide) groups is 1. The van der Waals surface area contributed by atoms with Gasteiger partial charge in [0.15, 0.2) is 0 Å². The number of carbonyl (C=O) groups is 1. The second-order valence-corrected chi connectivity index (χ2v) is 4.66. The quantitative estimate of drug-likeness (QED) is 0.530. The van der Waals surface area contributed by atoms with E-state index < -0.39 is 6.04 Å². The maximum Gasteiger partial charge on any atom is 0.236 e. The van der Waals surface area contributed by atoms with E-state index in [9.17, 15) is 4.79 Å². The largest absolute Gasteiger partial charge is 0.393 e. The molecule has 0 aromatic heterocycles. The van der Waals surface area contributed by atoms with Crippen LogP contribution in [0.3, 0.4) is 0 Å². The number of hydrogen-bond acceptors (Lipinski definition) is 4. The van der Waals surface area contributed by atoms with E-state index in [4.69, 9.17) is 10.8 Å². The molecule has 15 heavy (non-hydrogen) atoms. The molecule has 0 bridgehead atoms. The van der Waals surface area contributed by atoms with Gasteiger partial charge in [-0.15, -0.1) is 0 Å². The average Bonchev–Trinajstić information content (AvgIpc) is 2.20. The van der Waals surface area contributed by atoms with Crippen LogP contribution >= 0.6 is 11.8 Å².